The second-order valence-corrected chi connectivity index (χ2v) is 6.03. The summed E-state index contributed by atoms with van der Waals surface area (Å²) in [4.78, 5) is 18.8. The minimum Gasteiger partial charge on any atom is -0.333 e. The van der Waals surface area contributed by atoms with Gasteiger partial charge in [-0.25, -0.2) is 0 Å². The first-order valence-corrected chi connectivity index (χ1v) is 7.42. The first kappa shape index (κ1) is 13.3. The molecule has 3 rings (SSSR count). The molecule has 1 amide bonds. The number of fused-ring (bicyclic) bond motifs is 1. The van der Waals surface area contributed by atoms with Crippen molar-refractivity contribution < 1.29 is 4.79 Å². The van der Waals surface area contributed by atoms with Crippen molar-refractivity contribution in [2.45, 2.75) is 13.3 Å². The van der Waals surface area contributed by atoms with Gasteiger partial charge in [0.2, 0.25) is 0 Å². The van der Waals surface area contributed by atoms with E-state index in [0.717, 1.165) is 28.2 Å². The number of carbonyl (C=O) groups excluding carboxylic acids is 1. The summed E-state index contributed by atoms with van der Waals surface area (Å²) in [6.07, 6.45) is 4.39. The molecule has 20 heavy (non-hydrogen) atoms. The summed E-state index contributed by atoms with van der Waals surface area (Å²) in [6.45, 7) is 3.52. The molecule has 0 bridgehead atoms. The highest BCUT2D eigenvalue weighted by atomic mass is 79.9. The summed E-state index contributed by atoms with van der Waals surface area (Å²) < 4.78 is 1.12. The van der Waals surface area contributed by atoms with Crippen LogP contribution in [0.25, 0.3) is 10.8 Å². The van der Waals surface area contributed by atoms with Gasteiger partial charge in [0.25, 0.3) is 5.91 Å². The SMILES string of the molecule is CC1=C(Br)CN(C(=O)c2cncc3ccccc23)CC1. The normalized spacial score (nSPS) is 15.8. The zero-order valence-corrected chi connectivity index (χ0v) is 12.9. The van der Waals surface area contributed by atoms with Gasteiger partial charge < -0.3 is 4.90 Å². The maximum absolute atomic E-state index is 12.7. The van der Waals surface area contributed by atoms with Crippen LogP contribution in [0.5, 0.6) is 0 Å². The third-order valence-electron chi connectivity index (χ3n) is 3.74. The van der Waals surface area contributed by atoms with Crippen LogP contribution in [0.4, 0.5) is 0 Å². The van der Waals surface area contributed by atoms with Crippen molar-refractivity contribution in [1.82, 2.24) is 9.88 Å². The van der Waals surface area contributed by atoms with Crippen molar-refractivity contribution in [2.75, 3.05) is 13.1 Å². The van der Waals surface area contributed by atoms with E-state index >= 15 is 0 Å². The lowest BCUT2D eigenvalue weighted by atomic mass is 10.1. The molecule has 0 saturated heterocycles. The first-order valence-electron chi connectivity index (χ1n) is 6.63. The lowest BCUT2D eigenvalue weighted by Gasteiger charge is -2.28. The molecule has 1 aromatic carbocycles. The largest absolute Gasteiger partial charge is 0.333 e. The Morgan fingerprint density at radius 2 is 2.10 bits per heavy atom. The van der Waals surface area contributed by atoms with Crippen LogP contribution in [0.15, 0.2) is 46.7 Å². The van der Waals surface area contributed by atoms with Crippen molar-refractivity contribution in [3.63, 3.8) is 0 Å². The minimum atomic E-state index is 0.0544. The Labute approximate surface area is 126 Å². The van der Waals surface area contributed by atoms with E-state index in [1.54, 1.807) is 12.4 Å². The van der Waals surface area contributed by atoms with Crippen molar-refractivity contribution in [2.24, 2.45) is 0 Å². The van der Waals surface area contributed by atoms with Crippen LogP contribution in [-0.2, 0) is 0 Å². The van der Waals surface area contributed by atoms with E-state index in [0.29, 0.717) is 12.1 Å². The van der Waals surface area contributed by atoms with Crippen LogP contribution >= 0.6 is 15.9 Å². The molecule has 0 radical (unpaired) electrons. The number of nitrogens with zero attached hydrogens (tertiary/aromatic N) is 2. The highest BCUT2D eigenvalue weighted by Crippen LogP contribution is 2.25. The van der Waals surface area contributed by atoms with Crippen LogP contribution in [0.3, 0.4) is 0 Å². The third kappa shape index (κ3) is 2.36. The van der Waals surface area contributed by atoms with E-state index in [1.807, 2.05) is 29.2 Å². The van der Waals surface area contributed by atoms with Gasteiger partial charge in [-0.2, -0.15) is 0 Å². The minimum absolute atomic E-state index is 0.0544. The average Bonchev–Trinajstić information content (AvgIpc) is 2.49. The fourth-order valence-electron chi connectivity index (χ4n) is 2.45. The van der Waals surface area contributed by atoms with E-state index in [2.05, 4.69) is 27.8 Å². The molecule has 1 aliphatic rings. The number of pyridine rings is 1. The number of aromatic nitrogens is 1. The van der Waals surface area contributed by atoms with E-state index < -0.39 is 0 Å². The molecule has 0 unspecified atom stereocenters. The van der Waals surface area contributed by atoms with Gasteiger partial charge in [0.1, 0.15) is 0 Å². The summed E-state index contributed by atoms with van der Waals surface area (Å²) in [5.41, 5.74) is 2.01. The number of amides is 1. The molecule has 102 valence electrons. The van der Waals surface area contributed by atoms with Gasteiger partial charge in [0, 0.05) is 28.8 Å². The lowest BCUT2D eigenvalue weighted by Crippen LogP contribution is -2.36. The van der Waals surface area contributed by atoms with Crippen molar-refractivity contribution in [1.29, 1.82) is 0 Å². The zero-order valence-electron chi connectivity index (χ0n) is 11.3. The Kier molecular flexibility index (Phi) is 3.57. The molecule has 0 spiro atoms. The molecule has 2 aromatic rings. The highest BCUT2D eigenvalue weighted by molar-refractivity contribution is 9.11. The maximum Gasteiger partial charge on any atom is 0.256 e. The topological polar surface area (TPSA) is 33.2 Å². The summed E-state index contributed by atoms with van der Waals surface area (Å²) in [6, 6.07) is 7.87. The Balaban J connectivity index is 1.98. The lowest BCUT2D eigenvalue weighted by molar-refractivity contribution is 0.0769. The van der Waals surface area contributed by atoms with Gasteiger partial charge >= 0.3 is 0 Å². The van der Waals surface area contributed by atoms with Crippen LogP contribution in [0.2, 0.25) is 0 Å². The Morgan fingerprint density at radius 3 is 2.90 bits per heavy atom. The smallest absolute Gasteiger partial charge is 0.256 e. The third-order valence-corrected chi connectivity index (χ3v) is 4.66. The molecule has 0 aliphatic carbocycles. The number of rotatable bonds is 1. The quantitative estimate of drug-likeness (QED) is 0.797. The first-order chi connectivity index (χ1) is 9.66. The number of benzene rings is 1. The van der Waals surface area contributed by atoms with Gasteiger partial charge in [-0.05, 0) is 18.7 Å². The van der Waals surface area contributed by atoms with Gasteiger partial charge in [-0.15, -0.1) is 0 Å². The summed E-state index contributed by atoms with van der Waals surface area (Å²) in [7, 11) is 0. The molecule has 2 heterocycles. The summed E-state index contributed by atoms with van der Waals surface area (Å²) in [5.74, 6) is 0.0544. The molecule has 0 atom stereocenters. The van der Waals surface area contributed by atoms with Crippen molar-refractivity contribution in [3.05, 3.63) is 52.3 Å². The van der Waals surface area contributed by atoms with E-state index in [4.69, 9.17) is 0 Å². The Bertz CT molecular complexity index is 703. The van der Waals surface area contributed by atoms with Gasteiger partial charge in [0.05, 0.1) is 12.1 Å². The maximum atomic E-state index is 12.7. The van der Waals surface area contributed by atoms with Gasteiger partial charge in [-0.1, -0.05) is 45.8 Å². The van der Waals surface area contributed by atoms with Gasteiger partial charge in [-0.3, -0.25) is 9.78 Å². The van der Waals surface area contributed by atoms with E-state index in [9.17, 15) is 4.79 Å². The Hall–Kier alpha value is -1.68. The van der Waals surface area contributed by atoms with Gasteiger partial charge in [0.15, 0.2) is 0 Å². The summed E-state index contributed by atoms with van der Waals surface area (Å²) in [5, 5.41) is 1.97. The second-order valence-electron chi connectivity index (χ2n) is 5.07. The molecule has 0 N–H and O–H groups in total. The van der Waals surface area contributed by atoms with E-state index in [-0.39, 0.29) is 5.91 Å². The van der Waals surface area contributed by atoms with Crippen LogP contribution in [0.1, 0.15) is 23.7 Å². The molecule has 4 heteroatoms. The molecule has 0 fully saturated rings. The number of carbonyl (C=O) groups is 1. The second kappa shape index (κ2) is 5.37. The monoisotopic (exact) mass is 330 g/mol. The van der Waals surface area contributed by atoms with E-state index in [1.165, 1.54) is 5.57 Å². The molecule has 0 saturated carbocycles. The predicted octanol–water partition coefficient (Wildman–Crippen LogP) is 3.75. The average molecular weight is 331 g/mol. The Morgan fingerprint density at radius 1 is 1.30 bits per heavy atom. The number of hydrogen-bond acceptors (Lipinski definition) is 2. The molecule has 1 aromatic heterocycles. The number of hydrogen-bond donors (Lipinski definition) is 0. The number of halogens is 1. The molecular formula is C16H15BrN2O. The van der Waals surface area contributed by atoms with Crippen molar-refractivity contribution >= 4 is 32.6 Å². The molecule has 3 nitrogen and oxygen atoms in total. The van der Waals surface area contributed by atoms with Crippen LogP contribution in [-0.4, -0.2) is 28.9 Å². The van der Waals surface area contributed by atoms with Crippen LogP contribution in [0, 0.1) is 0 Å². The fourth-order valence-corrected chi connectivity index (χ4v) is 2.95. The standard InChI is InChI=1S/C16H15BrN2O/c1-11-6-7-19(10-15(11)17)16(20)14-9-18-8-12-4-2-3-5-13(12)14/h2-5,8-9H,6-7,10H2,1H3. The molecular weight excluding hydrogens is 316 g/mol. The zero-order chi connectivity index (χ0) is 14.1. The molecule has 1 aliphatic heterocycles. The van der Waals surface area contributed by atoms with Crippen molar-refractivity contribution in [3.8, 4) is 0 Å². The fraction of sp³-hybridized carbons (Fsp3) is 0.250. The van der Waals surface area contributed by atoms with Crippen LogP contribution < -0.4 is 0 Å². The summed E-state index contributed by atoms with van der Waals surface area (Å²) >= 11 is 3.55. The highest BCUT2D eigenvalue weighted by Gasteiger charge is 2.22. The predicted molar refractivity (Wildman–Crippen MR) is 83.9 cm³/mol.